The van der Waals surface area contributed by atoms with Gasteiger partial charge in [-0.05, 0) is 47.9 Å². The zero-order valence-electron chi connectivity index (χ0n) is 14.0. The summed E-state index contributed by atoms with van der Waals surface area (Å²) in [6.07, 6.45) is 5.32. The molecule has 0 unspecified atom stereocenters. The highest BCUT2D eigenvalue weighted by atomic mass is 28.3. The molecule has 0 aromatic heterocycles. The standard InChI is InChI=1S/C21H26Si/c1-22(2,3)21-12-8-7-11-20(21)19-15-13-18(14-16-19)17-9-5-4-6-10-17/h4-6,9-10,13-16H,7-8,11-12H2,1-3H3. The van der Waals surface area contributed by atoms with Gasteiger partial charge in [0.15, 0.2) is 0 Å². The first-order chi connectivity index (χ1) is 10.6. The Morgan fingerprint density at radius 3 is 1.82 bits per heavy atom. The summed E-state index contributed by atoms with van der Waals surface area (Å²) in [5.41, 5.74) is 5.73. The maximum atomic E-state index is 2.49. The summed E-state index contributed by atoms with van der Waals surface area (Å²) in [6, 6.07) is 19.9. The summed E-state index contributed by atoms with van der Waals surface area (Å²) in [4.78, 5) is 0. The van der Waals surface area contributed by atoms with Crippen LogP contribution in [0.5, 0.6) is 0 Å². The molecule has 2 aromatic rings. The predicted octanol–water partition coefficient (Wildman–Crippen LogP) is 6.56. The fourth-order valence-corrected chi connectivity index (χ4v) is 5.65. The van der Waals surface area contributed by atoms with Crippen molar-refractivity contribution in [2.75, 3.05) is 0 Å². The molecule has 2 aromatic carbocycles. The summed E-state index contributed by atoms with van der Waals surface area (Å²) in [7, 11) is -1.20. The van der Waals surface area contributed by atoms with Crippen LogP contribution in [0.2, 0.25) is 19.6 Å². The molecular weight excluding hydrogens is 280 g/mol. The highest BCUT2D eigenvalue weighted by molar-refractivity contribution is 6.84. The van der Waals surface area contributed by atoms with E-state index < -0.39 is 8.07 Å². The minimum absolute atomic E-state index is 1.20. The lowest BCUT2D eigenvalue weighted by molar-refractivity contribution is 0.729. The fraction of sp³-hybridized carbons (Fsp3) is 0.333. The maximum Gasteiger partial charge on any atom is 0.0728 e. The third-order valence-electron chi connectivity index (χ3n) is 4.71. The SMILES string of the molecule is C[Si](C)(C)C1=C(c2ccc(-c3ccccc3)cc2)CCCC1. The molecule has 0 aliphatic heterocycles. The van der Waals surface area contributed by atoms with Crippen LogP contribution in [-0.4, -0.2) is 8.07 Å². The van der Waals surface area contributed by atoms with Crippen molar-refractivity contribution in [1.29, 1.82) is 0 Å². The van der Waals surface area contributed by atoms with E-state index in [0.29, 0.717) is 0 Å². The molecule has 0 N–H and O–H groups in total. The van der Waals surface area contributed by atoms with Crippen LogP contribution >= 0.6 is 0 Å². The normalized spacial score (nSPS) is 16.0. The molecule has 0 atom stereocenters. The molecule has 0 nitrogen and oxygen atoms in total. The first-order valence-electron chi connectivity index (χ1n) is 8.44. The summed E-state index contributed by atoms with van der Waals surface area (Å²) in [5, 5.41) is 1.80. The van der Waals surface area contributed by atoms with Gasteiger partial charge in [-0.15, -0.1) is 0 Å². The second-order valence-corrected chi connectivity index (χ2v) is 12.5. The van der Waals surface area contributed by atoms with E-state index >= 15 is 0 Å². The molecule has 0 saturated carbocycles. The number of allylic oxidation sites excluding steroid dienone is 2. The molecule has 0 saturated heterocycles. The molecule has 3 rings (SSSR count). The van der Waals surface area contributed by atoms with Crippen molar-refractivity contribution in [2.24, 2.45) is 0 Å². The lowest BCUT2D eigenvalue weighted by Crippen LogP contribution is -2.26. The van der Waals surface area contributed by atoms with Gasteiger partial charge in [0.2, 0.25) is 0 Å². The van der Waals surface area contributed by atoms with Crippen molar-refractivity contribution in [2.45, 2.75) is 45.3 Å². The second-order valence-electron chi connectivity index (χ2n) is 7.36. The van der Waals surface area contributed by atoms with E-state index in [1.54, 1.807) is 10.8 Å². The third-order valence-corrected chi connectivity index (χ3v) is 7.08. The van der Waals surface area contributed by atoms with Gasteiger partial charge in [0.1, 0.15) is 0 Å². The van der Waals surface area contributed by atoms with E-state index in [-0.39, 0.29) is 0 Å². The summed E-state index contributed by atoms with van der Waals surface area (Å²) in [6.45, 7) is 7.48. The summed E-state index contributed by atoms with van der Waals surface area (Å²) >= 11 is 0. The fourth-order valence-electron chi connectivity index (χ4n) is 3.55. The zero-order chi connectivity index (χ0) is 15.6. The number of hydrogen-bond donors (Lipinski definition) is 0. The molecule has 1 heteroatoms. The molecular formula is C21H26Si. The maximum absolute atomic E-state index is 2.49. The zero-order valence-corrected chi connectivity index (χ0v) is 15.0. The van der Waals surface area contributed by atoms with Crippen molar-refractivity contribution < 1.29 is 0 Å². The van der Waals surface area contributed by atoms with Crippen LogP contribution in [0.25, 0.3) is 16.7 Å². The van der Waals surface area contributed by atoms with E-state index in [2.05, 4.69) is 74.2 Å². The molecule has 114 valence electrons. The Morgan fingerprint density at radius 1 is 0.636 bits per heavy atom. The Labute approximate surface area is 135 Å². The lowest BCUT2D eigenvalue weighted by atomic mass is 9.92. The average molecular weight is 307 g/mol. The quantitative estimate of drug-likeness (QED) is 0.563. The Balaban J connectivity index is 1.97. The Bertz CT molecular complexity index is 657. The first kappa shape index (κ1) is 15.3. The van der Waals surface area contributed by atoms with E-state index in [0.717, 1.165) is 0 Å². The summed E-state index contributed by atoms with van der Waals surface area (Å²) in [5.74, 6) is 0. The Hall–Kier alpha value is -1.60. The highest BCUT2D eigenvalue weighted by Crippen LogP contribution is 2.37. The minimum atomic E-state index is -1.20. The molecule has 1 aliphatic carbocycles. The van der Waals surface area contributed by atoms with Crippen LogP contribution < -0.4 is 0 Å². The largest absolute Gasteiger partial charge is 0.0773 e. The number of benzene rings is 2. The minimum Gasteiger partial charge on any atom is -0.0773 e. The molecule has 0 fully saturated rings. The van der Waals surface area contributed by atoms with Crippen LogP contribution in [-0.2, 0) is 0 Å². The van der Waals surface area contributed by atoms with E-state index in [9.17, 15) is 0 Å². The van der Waals surface area contributed by atoms with Gasteiger partial charge in [-0.25, -0.2) is 0 Å². The number of rotatable bonds is 3. The van der Waals surface area contributed by atoms with E-state index in [1.165, 1.54) is 42.4 Å². The van der Waals surface area contributed by atoms with Gasteiger partial charge in [0.05, 0.1) is 8.07 Å². The van der Waals surface area contributed by atoms with Crippen molar-refractivity contribution in [1.82, 2.24) is 0 Å². The van der Waals surface area contributed by atoms with E-state index in [4.69, 9.17) is 0 Å². The van der Waals surface area contributed by atoms with Crippen LogP contribution in [0.3, 0.4) is 0 Å². The molecule has 0 radical (unpaired) electrons. The molecule has 0 amide bonds. The van der Waals surface area contributed by atoms with Crippen molar-refractivity contribution in [3.63, 3.8) is 0 Å². The van der Waals surface area contributed by atoms with Gasteiger partial charge in [-0.3, -0.25) is 0 Å². The van der Waals surface area contributed by atoms with Crippen molar-refractivity contribution in [3.05, 3.63) is 65.4 Å². The second kappa shape index (κ2) is 6.25. The van der Waals surface area contributed by atoms with Gasteiger partial charge >= 0.3 is 0 Å². The molecule has 1 aliphatic rings. The third kappa shape index (κ3) is 3.25. The molecule has 0 bridgehead atoms. The predicted molar refractivity (Wildman–Crippen MR) is 101 cm³/mol. The van der Waals surface area contributed by atoms with Crippen LogP contribution in [0.4, 0.5) is 0 Å². The summed E-state index contributed by atoms with van der Waals surface area (Å²) < 4.78 is 0. The lowest BCUT2D eigenvalue weighted by Gasteiger charge is -2.29. The smallest absolute Gasteiger partial charge is 0.0728 e. The van der Waals surface area contributed by atoms with Gasteiger partial charge in [-0.1, -0.05) is 79.4 Å². The van der Waals surface area contributed by atoms with Gasteiger partial charge in [0, 0.05) is 0 Å². The van der Waals surface area contributed by atoms with Crippen LogP contribution in [0.1, 0.15) is 31.2 Å². The van der Waals surface area contributed by atoms with Crippen molar-refractivity contribution >= 4 is 13.6 Å². The van der Waals surface area contributed by atoms with Crippen LogP contribution in [0, 0.1) is 0 Å². The van der Waals surface area contributed by atoms with Gasteiger partial charge < -0.3 is 0 Å². The topological polar surface area (TPSA) is 0 Å². The van der Waals surface area contributed by atoms with Crippen molar-refractivity contribution in [3.8, 4) is 11.1 Å². The van der Waals surface area contributed by atoms with Crippen LogP contribution in [0.15, 0.2) is 59.8 Å². The Kier molecular flexibility index (Phi) is 4.35. The van der Waals surface area contributed by atoms with Gasteiger partial charge in [0.25, 0.3) is 0 Å². The van der Waals surface area contributed by atoms with E-state index in [1.807, 2.05) is 0 Å². The average Bonchev–Trinajstić information content (AvgIpc) is 2.55. The molecule has 0 spiro atoms. The molecule has 22 heavy (non-hydrogen) atoms. The van der Waals surface area contributed by atoms with Gasteiger partial charge in [-0.2, -0.15) is 0 Å². The molecule has 0 heterocycles. The first-order valence-corrected chi connectivity index (χ1v) is 11.9. The monoisotopic (exact) mass is 306 g/mol. The Morgan fingerprint density at radius 2 is 1.18 bits per heavy atom. The number of hydrogen-bond acceptors (Lipinski definition) is 0. The highest BCUT2D eigenvalue weighted by Gasteiger charge is 2.25.